The van der Waals surface area contributed by atoms with E-state index in [1.807, 2.05) is 133 Å². The summed E-state index contributed by atoms with van der Waals surface area (Å²) in [5.74, 6) is 0.784. The Labute approximate surface area is 332 Å². The molecule has 0 aromatic heterocycles. The van der Waals surface area contributed by atoms with Crippen LogP contribution in [0.2, 0.25) is 5.02 Å². The number of ether oxygens (including phenoxy) is 6. The van der Waals surface area contributed by atoms with Gasteiger partial charge in [0, 0.05) is 11.4 Å². The molecule has 0 amide bonds. The average Bonchev–Trinajstić information content (AvgIpc) is 3.73. The van der Waals surface area contributed by atoms with E-state index in [1.165, 1.54) is 0 Å². The van der Waals surface area contributed by atoms with Crippen LogP contribution in [-0.4, -0.2) is 60.1 Å². The number of phosphoric ester groups is 1. The highest BCUT2D eigenvalue weighted by Gasteiger charge is 2.49. The molecule has 2 heterocycles. The van der Waals surface area contributed by atoms with Gasteiger partial charge >= 0.3 is 7.82 Å². The Bertz CT molecular complexity index is 1990. The molecule has 0 radical (unpaired) electrons. The van der Waals surface area contributed by atoms with Gasteiger partial charge in [0.15, 0.2) is 0 Å². The second kappa shape index (κ2) is 19.5. The van der Waals surface area contributed by atoms with Gasteiger partial charge in [-0.1, -0.05) is 127 Å². The first-order valence-corrected chi connectivity index (χ1v) is 20.6. The van der Waals surface area contributed by atoms with E-state index in [-0.39, 0.29) is 25.9 Å². The molecule has 294 valence electrons. The molecule has 0 unspecified atom stereocenters. The molecular formula is C44H46ClO10P. The fourth-order valence-corrected chi connectivity index (χ4v) is 7.50. The van der Waals surface area contributed by atoms with Crippen LogP contribution >= 0.6 is 19.4 Å². The van der Waals surface area contributed by atoms with E-state index in [4.69, 9.17) is 44.5 Å². The summed E-state index contributed by atoms with van der Waals surface area (Å²) in [6, 6.07) is 42.9. The summed E-state index contributed by atoms with van der Waals surface area (Å²) in [6.07, 6.45) is -2.66. The lowest BCUT2D eigenvalue weighted by molar-refractivity contribution is -0.271. The molecule has 5 aromatic rings. The van der Waals surface area contributed by atoms with E-state index in [1.54, 1.807) is 0 Å². The third kappa shape index (κ3) is 11.4. The monoisotopic (exact) mass is 800 g/mol. The summed E-state index contributed by atoms with van der Waals surface area (Å²) in [5.41, 5.74) is 5.43. The van der Waals surface area contributed by atoms with Gasteiger partial charge in [-0.05, 0) is 58.0 Å². The van der Waals surface area contributed by atoms with Crippen molar-refractivity contribution in [3.8, 4) is 5.75 Å². The van der Waals surface area contributed by atoms with Crippen molar-refractivity contribution >= 4 is 19.4 Å². The summed E-state index contributed by atoms with van der Waals surface area (Å²) < 4.78 is 55.7. The summed E-state index contributed by atoms with van der Waals surface area (Å²) in [4.78, 5) is 19.6. The largest absolute Gasteiger partial charge is 0.488 e. The molecule has 2 aliphatic heterocycles. The van der Waals surface area contributed by atoms with Crippen molar-refractivity contribution in [3.63, 3.8) is 0 Å². The predicted molar refractivity (Wildman–Crippen MR) is 211 cm³/mol. The third-order valence-electron chi connectivity index (χ3n) is 9.80. The quantitative estimate of drug-likeness (QED) is 0.0887. The Morgan fingerprint density at radius 3 is 1.80 bits per heavy atom. The van der Waals surface area contributed by atoms with Crippen LogP contribution in [0.15, 0.2) is 133 Å². The maximum absolute atomic E-state index is 12.1. The van der Waals surface area contributed by atoms with Crippen LogP contribution in [0, 0.1) is 0 Å². The molecule has 6 atom stereocenters. The fraction of sp³-hybridized carbons (Fsp3) is 0.318. The number of hydrogen-bond acceptors (Lipinski definition) is 8. The van der Waals surface area contributed by atoms with Crippen LogP contribution in [0.3, 0.4) is 0 Å². The highest BCUT2D eigenvalue weighted by molar-refractivity contribution is 7.46. The van der Waals surface area contributed by atoms with Crippen molar-refractivity contribution in [1.82, 2.24) is 0 Å². The number of halogens is 1. The first-order valence-electron chi connectivity index (χ1n) is 18.7. The highest BCUT2D eigenvalue weighted by Crippen LogP contribution is 2.42. The van der Waals surface area contributed by atoms with Gasteiger partial charge in [-0.15, -0.1) is 0 Å². The Kier molecular flexibility index (Phi) is 14.0. The van der Waals surface area contributed by atoms with E-state index < -0.39 is 44.9 Å². The van der Waals surface area contributed by atoms with Crippen LogP contribution < -0.4 is 4.74 Å². The molecular weight excluding hydrogens is 755 g/mol. The molecule has 0 saturated carbocycles. The van der Waals surface area contributed by atoms with Crippen molar-refractivity contribution in [1.29, 1.82) is 0 Å². The molecule has 2 N–H and O–H groups in total. The van der Waals surface area contributed by atoms with Gasteiger partial charge in [0.25, 0.3) is 0 Å². The van der Waals surface area contributed by atoms with Crippen molar-refractivity contribution in [2.24, 2.45) is 0 Å². The zero-order valence-electron chi connectivity index (χ0n) is 30.8. The molecule has 0 aliphatic carbocycles. The number of phosphoric acid groups is 1. The summed E-state index contributed by atoms with van der Waals surface area (Å²) in [6.45, 7) is 1.49. The van der Waals surface area contributed by atoms with E-state index >= 15 is 0 Å². The first kappa shape index (κ1) is 40.3. The van der Waals surface area contributed by atoms with Gasteiger partial charge in [0.1, 0.15) is 42.4 Å². The average molecular weight is 801 g/mol. The van der Waals surface area contributed by atoms with Crippen molar-refractivity contribution < 1.29 is 47.3 Å². The molecule has 12 heteroatoms. The first-order chi connectivity index (χ1) is 27.3. The molecule has 2 fully saturated rings. The molecule has 56 heavy (non-hydrogen) atoms. The molecule has 0 bridgehead atoms. The lowest BCUT2D eigenvalue weighted by Crippen LogP contribution is -2.58. The standard InChI is InChI=1S/C44H46ClO10P/c45-39-21-18-35(25-36(39)24-31-16-19-37(20-17-31)54-38-22-23-49-29-38)41-43(51-27-33-12-6-2-7-13-33)44(52-28-34-14-8-3-9-15-34)42(40(55-41)30-53-56(46,47)48)50-26-32-10-4-1-5-11-32/h1-21,25,38,40-44H,22-24,26-30H2,(H2,46,47,48)/t38-,40-,41+,42-,43+,44+/m1/s1. The molecule has 0 spiro atoms. The predicted octanol–water partition coefficient (Wildman–Crippen LogP) is 8.40. The lowest BCUT2D eigenvalue weighted by Gasteiger charge is -2.46. The van der Waals surface area contributed by atoms with Crippen LogP contribution in [0.5, 0.6) is 5.75 Å². The maximum Gasteiger partial charge on any atom is 0.469 e. The van der Waals surface area contributed by atoms with Gasteiger partial charge < -0.3 is 38.2 Å². The molecule has 5 aromatic carbocycles. The van der Waals surface area contributed by atoms with Gasteiger partial charge in [0.2, 0.25) is 0 Å². The van der Waals surface area contributed by atoms with Crippen molar-refractivity contribution in [2.45, 2.75) is 69.3 Å². The molecule has 2 saturated heterocycles. The second-order valence-electron chi connectivity index (χ2n) is 13.9. The SMILES string of the molecule is O=P(O)(O)OC[C@H]1O[C@@H](c2ccc(Cl)c(Cc3ccc(O[C@@H]4CCOC4)cc3)c2)[C@H](OCc2ccccc2)[C@@H](OCc2ccccc2)[C@@H]1OCc1ccccc1. The van der Waals surface area contributed by atoms with Gasteiger partial charge in [-0.3, -0.25) is 4.52 Å². The second-order valence-corrected chi connectivity index (χ2v) is 15.6. The number of rotatable bonds is 17. The Hall–Kier alpha value is -3.90. The van der Waals surface area contributed by atoms with Crippen LogP contribution in [0.25, 0.3) is 0 Å². The Morgan fingerprint density at radius 2 is 1.25 bits per heavy atom. The third-order valence-corrected chi connectivity index (χ3v) is 10.7. The minimum atomic E-state index is -4.88. The summed E-state index contributed by atoms with van der Waals surface area (Å²) in [5, 5.41) is 0.581. The van der Waals surface area contributed by atoms with Gasteiger partial charge in [-0.25, -0.2) is 4.57 Å². The van der Waals surface area contributed by atoms with Crippen LogP contribution in [-0.2, 0) is 59.0 Å². The smallest absolute Gasteiger partial charge is 0.469 e. The van der Waals surface area contributed by atoms with E-state index in [9.17, 15) is 14.4 Å². The summed E-state index contributed by atoms with van der Waals surface area (Å²) in [7, 11) is -4.88. The molecule has 7 rings (SSSR count). The fourth-order valence-electron chi connectivity index (χ4n) is 6.97. The van der Waals surface area contributed by atoms with E-state index in [2.05, 4.69) is 0 Å². The Balaban J connectivity index is 1.22. The van der Waals surface area contributed by atoms with E-state index in [0.717, 1.165) is 45.6 Å². The minimum Gasteiger partial charge on any atom is -0.488 e. The minimum absolute atomic E-state index is 0.0549. The zero-order chi connectivity index (χ0) is 38.7. The molecule has 10 nitrogen and oxygen atoms in total. The van der Waals surface area contributed by atoms with Crippen LogP contribution in [0.1, 0.15) is 45.9 Å². The summed E-state index contributed by atoms with van der Waals surface area (Å²) >= 11 is 6.84. The lowest BCUT2D eigenvalue weighted by atomic mass is 9.89. The van der Waals surface area contributed by atoms with Gasteiger partial charge in [-0.2, -0.15) is 0 Å². The molecule has 2 aliphatic rings. The maximum atomic E-state index is 12.1. The Morgan fingerprint density at radius 1 is 0.679 bits per heavy atom. The highest BCUT2D eigenvalue weighted by atomic mass is 35.5. The van der Waals surface area contributed by atoms with Gasteiger partial charge in [0.05, 0.1) is 39.6 Å². The normalized spacial score (nSPS) is 22.6. The number of benzene rings is 5. The topological polar surface area (TPSA) is 122 Å². The van der Waals surface area contributed by atoms with Crippen molar-refractivity contribution in [3.05, 3.63) is 172 Å². The van der Waals surface area contributed by atoms with Crippen LogP contribution in [0.4, 0.5) is 0 Å². The van der Waals surface area contributed by atoms with E-state index in [0.29, 0.717) is 24.7 Å². The zero-order valence-corrected chi connectivity index (χ0v) is 32.5. The van der Waals surface area contributed by atoms with Crippen molar-refractivity contribution in [2.75, 3.05) is 19.8 Å². The number of hydrogen-bond donors (Lipinski definition) is 2.